The minimum atomic E-state index is -0.603. The van der Waals surface area contributed by atoms with Crippen molar-refractivity contribution in [2.24, 2.45) is 5.73 Å². The van der Waals surface area contributed by atoms with Gasteiger partial charge in [0.2, 0.25) is 0 Å². The molecular weight excluding hydrogens is 336 g/mol. The van der Waals surface area contributed by atoms with Crippen molar-refractivity contribution in [1.82, 2.24) is 15.0 Å². The molecule has 8 nitrogen and oxygen atoms in total. The van der Waals surface area contributed by atoms with Crippen LogP contribution in [-0.2, 0) is 0 Å². The van der Waals surface area contributed by atoms with Crippen molar-refractivity contribution < 1.29 is 18.8 Å². The SMILES string of the molecule is NC(=O)c1cc(OC2CCCN(C(=O)c3cc(C4CC4)on3)C2)ccn1. The Morgan fingerprint density at radius 3 is 2.85 bits per heavy atom. The van der Waals surface area contributed by atoms with Crippen LogP contribution in [0.4, 0.5) is 0 Å². The highest BCUT2D eigenvalue weighted by Gasteiger charge is 2.31. The zero-order valence-electron chi connectivity index (χ0n) is 14.3. The standard InChI is InChI=1S/C18H20N4O4/c19-17(23)14-8-12(5-6-20-14)25-13-2-1-7-22(10-13)18(24)15-9-16(26-21-15)11-3-4-11/h5-6,8-9,11,13H,1-4,7,10H2,(H2,19,23). The monoisotopic (exact) mass is 356 g/mol. The number of rotatable bonds is 5. The summed E-state index contributed by atoms with van der Waals surface area (Å²) in [5.74, 6) is 1.00. The molecule has 2 aliphatic rings. The maximum absolute atomic E-state index is 12.7. The Morgan fingerprint density at radius 1 is 1.23 bits per heavy atom. The Bertz CT molecular complexity index is 830. The van der Waals surface area contributed by atoms with Crippen LogP contribution in [0.25, 0.3) is 0 Å². The van der Waals surface area contributed by atoms with Crippen LogP contribution >= 0.6 is 0 Å². The quantitative estimate of drug-likeness (QED) is 0.873. The molecule has 1 saturated carbocycles. The Kier molecular flexibility index (Phi) is 4.32. The zero-order chi connectivity index (χ0) is 18.1. The first-order valence-electron chi connectivity index (χ1n) is 8.78. The number of aromatic nitrogens is 2. The number of carbonyl (C=O) groups excluding carboxylic acids is 2. The van der Waals surface area contributed by atoms with E-state index in [0.717, 1.165) is 31.4 Å². The average Bonchev–Trinajstić information content (AvgIpc) is 3.38. The first-order chi connectivity index (χ1) is 12.6. The molecule has 0 spiro atoms. The zero-order valence-corrected chi connectivity index (χ0v) is 14.3. The summed E-state index contributed by atoms with van der Waals surface area (Å²) < 4.78 is 11.2. The Balaban J connectivity index is 1.41. The van der Waals surface area contributed by atoms with E-state index in [9.17, 15) is 9.59 Å². The summed E-state index contributed by atoms with van der Waals surface area (Å²) in [6, 6.07) is 4.95. The predicted molar refractivity (Wildman–Crippen MR) is 90.8 cm³/mol. The van der Waals surface area contributed by atoms with Gasteiger partial charge in [-0.15, -0.1) is 0 Å². The number of ether oxygens (including phenoxy) is 1. The smallest absolute Gasteiger partial charge is 0.276 e. The summed E-state index contributed by atoms with van der Waals surface area (Å²) in [6.45, 7) is 1.12. The van der Waals surface area contributed by atoms with Gasteiger partial charge < -0.3 is 19.9 Å². The van der Waals surface area contributed by atoms with Crippen LogP contribution in [-0.4, -0.2) is 46.0 Å². The topological polar surface area (TPSA) is 112 Å². The summed E-state index contributed by atoms with van der Waals surface area (Å²) in [7, 11) is 0. The first kappa shape index (κ1) is 16.6. The highest BCUT2D eigenvalue weighted by molar-refractivity contribution is 5.92. The van der Waals surface area contributed by atoms with Crippen molar-refractivity contribution in [3.05, 3.63) is 41.5 Å². The number of likely N-dealkylation sites (tertiary alicyclic amines) is 1. The fourth-order valence-corrected chi connectivity index (χ4v) is 3.14. The molecule has 136 valence electrons. The molecule has 1 aliphatic carbocycles. The second kappa shape index (κ2) is 6.78. The third kappa shape index (κ3) is 3.54. The Hall–Kier alpha value is -2.90. The molecule has 2 N–H and O–H groups in total. The number of nitrogens with two attached hydrogens (primary N) is 1. The summed E-state index contributed by atoms with van der Waals surface area (Å²) in [5.41, 5.74) is 5.75. The molecule has 8 heteroatoms. The fraction of sp³-hybridized carbons (Fsp3) is 0.444. The van der Waals surface area contributed by atoms with E-state index in [1.54, 1.807) is 17.0 Å². The maximum Gasteiger partial charge on any atom is 0.276 e. The van der Waals surface area contributed by atoms with Gasteiger partial charge in [0.15, 0.2) is 5.69 Å². The number of nitrogens with zero attached hydrogens (tertiary/aromatic N) is 3. The second-order valence-corrected chi connectivity index (χ2v) is 6.76. The molecule has 2 fully saturated rings. The number of piperidine rings is 1. The molecule has 26 heavy (non-hydrogen) atoms. The molecule has 1 aliphatic heterocycles. The molecular formula is C18H20N4O4. The van der Waals surface area contributed by atoms with Crippen LogP contribution in [0, 0.1) is 0 Å². The van der Waals surface area contributed by atoms with Crippen molar-refractivity contribution in [1.29, 1.82) is 0 Å². The molecule has 2 aromatic heterocycles. The number of pyridine rings is 1. The molecule has 1 saturated heterocycles. The van der Waals surface area contributed by atoms with Crippen LogP contribution in [0.1, 0.15) is 58.3 Å². The maximum atomic E-state index is 12.7. The number of hydrogen-bond donors (Lipinski definition) is 1. The van der Waals surface area contributed by atoms with E-state index in [1.807, 2.05) is 0 Å². The highest BCUT2D eigenvalue weighted by atomic mass is 16.5. The summed E-state index contributed by atoms with van der Waals surface area (Å²) >= 11 is 0. The molecule has 2 amide bonds. The van der Waals surface area contributed by atoms with E-state index in [1.165, 1.54) is 12.3 Å². The lowest BCUT2D eigenvalue weighted by Crippen LogP contribution is -2.44. The van der Waals surface area contributed by atoms with Crippen molar-refractivity contribution >= 4 is 11.8 Å². The van der Waals surface area contributed by atoms with E-state index in [-0.39, 0.29) is 17.7 Å². The molecule has 0 bridgehead atoms. The van der Waals surface area contributed by atoms with E-state index < -0.39 is 5.91 Å². The summed E-state index contributed by atoms with van der Waals surface area (Å²) in [4.78, 5) is 29.5. The van der Waals surface area contributed by atoms with Crippen molar-refractivity contribution in [3.8, 4) is 5.75 Å². The van der Waals surface area contributed by atoms with E-state index in [0.29, 0.717) is 30.5 Å². The second-order valence-electron chi connectivity index (χ2n) is 6.76. The number of carbonyl (C=O) groups is 2. The number of amides is 2. The van der Waals surface area contributed by atoms with Gasteiger partial charge in [0, 0.05) is 30.8 Å². The van der Waals surface area contributed by atoms with Crippen LogP contribution in [0.15, 0.2) is 28.9 Å². The van der Waals surface area contributed by atoms with Gasteiger partial charge in [0.05, 0.1) is 6.54 Å². The molecule has 0 radical (unpaired) electrons. The summed E-state index contributed by atoms with van der Waals surface area (Å²) in [5, 5.41) is 3.93. The Morgan fingerprint density at radius 2 is 2.08 bits per heavy atom. The van der Waals surface area contributed by atoms with Gasteiger partial charge in [-0.3, -0.25) is 14.6 Å². The highest BCUT2D eigenvalue weighted by Crippen LogP contribution is 2.40. The number of primary amides is 1. The molecule has 1 atom stereocenters. The van der Waals surface area contributed by atoms with Crippen LogP contribution < -0.4 is 10.5 Å². The van der Waals surface area contributed by atoms with E-state index in [4.69, 9.17) is 15.0 Å². The first-order valence-corrected chi connectivity index (χ1v) is 8.78. The third-order valence-corrected chi connectivity index (χ3v) is 4.68. The Labute approximate surface area is 150 Å². The van der Waals surface area contributed by atoms with Crippen LogP contribution in [0.2, 0.25) is 0 Å². The molecule has 3 heterocycles. The fourth-order valence-electron chi connectivity index (χ4n) is 3.14. The minimum absolute atomic E-state index is 0.137. The van der Waals surface area contributed by atoms with E-state index in [2.05, 4.69) is 10.1 Å². The lowest BCUT2D eigenvalue weighted by Gasteiger charge is -2.32. The molecule has 0 aromatic carbocycles. The van der Waals surface area contributed by atoms with Crippen molar-refractivity contribution in [3.63, 3.8) is 0 Å². The average molecular weight is 356 g/mol. The molecule has 4 rings (SSSR count). The minimum Gasteiger partial charge on any atom is -0.488 e. The van der Waals surface area contributed by atoms with Crippen LogP contribution in [0.5, 0.6) is 5.75 Å². The van der Waals surface area contributed by atoms with Crippen molar-refractivity contribution in [2.75, 3.05) is 13.1 Å². The largest absolute Gasteiger partial charge is 0.488 e. The van der Waals surface area contributed by atoms with Gasteiger partial charge in [-0.05, 0) is 31.7 Å². The van der Waals surface area contributed by atoms with Gasteiger partial charge in [-0.2, -0.15) is 0 Å². The normalized spacial score (nSPS) is 20.0. The van der Waals surface area contributed by atoms with E-state index >= 15 is 0 Å². The van der Waals surface area contributed by atoms with Gasteiger partial charge in [0.25, 0.3) is 11.8 Å². The lowest BCUT2D eigenvalue weighted by molar-refractivity contribution is 0.0528. The lowest BCUT2D eigenvalue weighted by atomic mass is 10.1. The third-order valence-electron chi connectivity index (χ3n) is 4.68. The van der Waals surface area contributed by atoms with Gasteiger partial charge in [-0.1, -0.05) is 5.16 Å². The van der Waals surface area contributed by atoms with Crippen LogP contribution in [0.3, 0.4) is 0 Å². The van der Waals surface area contributed by atoms with Gasteiger partial charge in [-0.25, -0.2) is 0 Å². The predicted octanol–water partition coefficient (Wildman–Crippen LogP) is 1.73. The summed E-state index contributed by atoms with van der Waals surface area (Å²) in [6.07, 6.45) is 5.17. The van der Waals surface area contributed by atoms with Gasteiger partial charge in [0.1, 0.15) is 23.3 Å². The molecule has 2 aromatic rings. The number of hydrogen-bond acceptors (Lipinski definition) is 6. The van der Waals surface area contributed by atoms with Crippen molar-refractivity contribution in [2.45, 2.75) is 37.7 Å². The van der Waals surface area contributed by atoms with Gasteiger partial charge >= 0.3 is 0 Å². The molecule has 1 unspecified atom stereocenters.